The molecule has 2 aliphatic heterocycles. The molecule has 0 aliphatic carbocycles. The standard InChI is InChI=1S/C40H44N6O5S2/c1-25-15-19-31(20-16-25)52-38-36(48-24-30-13-9-6-10-14-30)34(44-46-42)27(3)49-39(38)51-37-35(47-23-29-11-7-5-8-12-29)33(43-45-41)28(4)50-40(37)53-32-21-17-26(2)18-22-32/h5-22,27-28,33-40H,23-24H2,1-4H3/t27-,28-,33-,34-,35+,36+,37-,38+,39-,40+/m1/s1. The molecule has 0 amide bonds. The van der Waals surface area contributed by atoms with Gasteiger partial charge in [-0.15, -0.1) is 11.8 Å². The fourth-order valence-corrected chi connectivity index (χ4v) is 8.84. The molecule has 53 heavy (non-hydrogen) atoms. The summed E-state index contributed by atoms with van der Waals surface area (Å²) in [5.74, 6) is 0. The predicted molar refractivity (Wildman–Crippen MR) is 207 cm³/mol. The molecule has 0 aromatic heterocycles. The van der Waals surface area contributed by atoms with Gasteiger partial charge in [-0.25, -0.2) is 0 Å². The van der Waals surface area contributed by atoms with Crippen LogP contribution in [0.2, 0.25) is 0 Å². The number of nitrogens with zero attached hydrogens (tertiary/aromatic N) is 6. The largest absolute Gasteiger partial charge is 0.372 e. The minimum atomic E-state index is -0.875. The number of hydrogen-bond acceptors (Lipinski definition) is 9. The van der Waals surface area contributed by atoms with E-state index in [9.17, 15) is 11.1 Å². The lowest BCUT2D eigenvalue weighted by Gasteiger charge is -2.48. The van der Waals surface area contributed by atoms with Crippen LogP contribution in [0, 0.1) is 13.8 Å². The normalized spacial score (nSPS) is 28.4. The summed E-state index contributed by atoms with van der Waals surface area (Å²) in [6, 6.07) is 34.8. The highest BCUT2D eigenvalue weighted by atomic mass is 32.2. The monoisotopic (exact) mass is 752 g/mol. The Morgan fingerprint density at radius 2 is 1.08 bits per heavy atom. The second-order valence-corrected chi connectivity index (χ2v) is 15.7. The minimum Gasteiger partial charge on any atom is -0.372 e. The van der Waals surface area contributed by atoms with E-state index in [2.05, 4.69) is 68.6 Å². The summed E-state index contributed by atoms with van der Waals surface area (Å²) in [6.45, 7) is 8.41. The van der Waals surface area contributed by atoms with Crippen molar-refractivity contribution in [3.63, 3.8) is 0 Å². The molecule has 4 aromatic rings. The van der Waals surface area contributed by atoms with Crippen molar-refractivity contribution in [2.75, 3.05) is 0 Å². The van der Waals surface area contributed by atoms with Crippen LogP contribution in [-0.4, -0.2) is 59.6 Å². The van der Waals surface area contributed by atoms with Crippen LogP contribution < -0.4 is 0 Å². The number of thioether (sulfide) groups is 2. The Balaban J connectivity index is 1.40. The maximum absolute atomic E-state index is 9.72. The van der Waals surface area contributed by atoms with E-state index in [0.29, 0.717) is 6.61 Å². The first kappa shape index (κ1) is 38.7. The Kier molecular flexibility index (Phi) is 13.8. The highest BCUT2D eigenvalue weighted by molar-refractivity contribution is 8.00. The van der Waals surface area contributed by atoms with Gasteiger partial charge in [0.1, 0.15) is 11.5 Å². The summed E-state index contributed by atoms with van der Waals surface area (Å²) >= 11 is 3.07. The van der Waals surface area contributed by atoms with Crippen molar-refractivity contribution in [3.05, 3.63) is 152 Å². The SMILES string of the molecule is Cc1ccc(S[C@@H]2[C@@H](O[C@@H]3[C@@H](OCc4ccccc4)[C@H](N=[N+]=[N-])[C@@H](C)O[C@H]3Sc3ccc(C)cc3)O[C@H](C)[C@@H](N=[N+]=[N-])[C@@H]2OCc2ccccc2)cc1. The fourth-order valence-electron chi connectivity index (χ4n) is 6.48. The van der Waals surface area contributed by atoms with Gasteiger partial charge in [0.25, 0.3) is 0 Å². The molecule has 0 saturated carbocycles. The maximum Gasteiger partial charge on any atom is 0.173 e. The molecule has 276 valence electrons. The van der Waals surface area contributed by atoms with Crippen LogP contribution in [0.25, 0.3) is 20.9 Å². The third-order valence-corrected chi connectivity index (χ3v) is 11.8. The van der Waals surface area contributed by atoms with Crippen molar-refractivity contribution < 1.29 is 23.7 Å². The van der Waals surface area contributed by atoms with Crippen LogP contribution in [-0.2, 0) is 36.9 Å². The zero-order valence-electron chi connectivity index (χ0n) is 30.1. The van der Waals surface area contributed by atoms with E-state index < -0.39 is 59.6 Å². The number of benzene rings is 4. The molecular weight excluding hydrogens is 709 g/mol. The lowest BCUT2D eigenvalue weighted by atomic mass is 9.97. The molecule has 2 fully saturated rings. The lowest BCUT2D eigenvalue weighted by Crippen LogP contribution is -2.62. The molecule has 0 N–H and O–H groups in total. The van der Waals surface area contributed by atoms with Crippen LogP contribution in [0.5, 0.6) is 0 Å². The molecule has 11 nitrogen and oxygen atoms in total. The van der Waals surface area contributed by atoms with Gasteiger partial charge in [0.05, 0.1) is 55.0 Å². The summed E-state index contributed by atoms with van der Waals surface area (Å²) in [4.78, 5) is 8.37. The van der Waals surface area contributed by atoms with E-state index >= 15 is 0 Å². The smallest absolute Gasteiger partial charge is 0.173 e. The summed E-state index contributed by atoms with van der Waals surface area (Å²) in [5.41, 5.74) is 23.1. The Morgan fingerprint density at radius 1 is 0.604 bits per heavy atom. The molecule has 2 heterocycles. The Labute approximate surface area is 319 Å². The van der Waals surface area contributed by atoms with Crippen LogP contribution >= 0.6 is 23.5 Å². The van der Waals surface area contributed by atoms with Crippen LogP contribution in [0.4, 0.5) is 0 Å². The van der Waals surface area contributed by atoms with Gasteiger partial charge in [0, 0.05) is 19.6 Å². The van der Waals surface area contributed by atoms with Crippen molar-refractivity contribution in [2.24, 2.45) is 10.2 Å². The first-order valence-electron chi connectivity index (χ1n) is 17.7. The maximum atomic E-state index is 9.72. The van der Waals surface area contributed by atoms with Gasteiger partial charge in [-0.2, -0.15) is 0 Å². The van der Waals surface area contributed by atoms with E-state index in [1.807, 2.05) is 88.4 Å². The summed E-state index contributed by atoms with van der Waals surface area (Å²) in [7, 11) is 0. The number of hydrogen-bond donors (Lipinski definition) is 0. The Hall–Kier alpha value is -4.00. The van der Waals surface area contributed by atoms with Gasteiger partial charge in [-0.3, -0.25) is 0 Å². The molecule has 2 saturated heterocycles. The van der Waals surface area contributed by atoms with E-state index in [0.717, 1.165) is 32.0 Å². The summed E-state index contributed by atoms with van der Waals surface area (Å²) in [6.07, 6.45) is -3.99. The average molecular weight is 753 g/mol. The van der Waals surface area contributed by atoms with Gasteiger partial charge in [0.15, 0.2) is 6.29 Å². The van der Waals surface area contributed by atoms with E-state index in [1.165, 1.54) is 11.8 Å². The molecular formula is C40H44N6O5S2. The molecule has 0 bridgehead atoms. The quantitative estimate of drug-likeness (QED) is 0.0708. The molecule has 4 aromatic carbocycles. The average Bonchev–Trinajstić information content (AvgIpc) is 3.17. The van der Waals surface area contributed by atoms with Crippen molar-refractivity contribution >= 4 is 23.5 Å². The molecule has 0 unspecified atom stereocenters. The lowest BCUT2D eigenvalue weighted by molar-refractivity contribution is -0.278. The van der Waals surface area contributed by atoms with Crippen molar-refractivity contribution in [1.29, 1.82) is 0 Å². The molecule has 2 aliphatic rings. The second kappa shape index (κ2) is 18.9. The first-order valence-corrected chi connectivity index (χ1v) is 19.4. The predicted octanol–water partition coefficient (Wildman–Crippen LogP) is 9.96. The number of rotatable bonds is 14. The fraction of sp³-hybridized carbons (Fsp3) is 0.400. The highest BCUT2D eigenvalue weighted by Gasteiger charge is 2.52. The van der Waals surface area contributed by atoms with E-state index in [1.54, 1.807) is 11.8 Å². The van der Waals surface area contributed by atoms with E-state index in [4.69, 9.17) is 23.7 Å². The van der Waals surface area contributed by atoms with Gasteiger partial charge in [-0.05, 0) is 74.1 Å². The summed E-state index contributed by atoms with van der Waals surface area (Å²) in [5, 5.41) is 7.90. The van der Waals surface area contributed by atoms with E-state index in [-0.39, 0.29) is 6.61 Å². The van der Waals surface area contributed by atoms with Crippen LogP contribution in [0.1, 0.15) is 36.1 Å². The number of aryl methyl sites for hydroxylation is 2. The molecule has 0 radical (unpaired) electrons. The molecule has 6 rings (SSSR count). The van der Waals surface area contributed by atoms with Gasteiger partial charge in [-0.1, -0.05) is 118 Å². The topological polar surface area (TPSA) is 144 Å². The van der Waals surface area contributed by atoms with Gasteiger partial charge >= 0.3 is 0 Å². The molecule has 0 spiro atoms. The van der Waals surface area contributed by atoms with Crippen LogP contribution in [0.15, 0.2) is 129 Å². The number of azide groups is 2. The van der Waals surface area contributed by atoms with Crippen molar-refractivity contribution in [3.8, 4) is 0 Å². The highest BCUT2D eigenvalue weighted by Crippen LogP contribution is 2.43. The Morgan fingerprint density at radius 3 is 1.60 bits per heavy atom. The second-order valence-electron chi connectivity index (χ2n) is 13.3. The number of ether oxygens (including phenoxy) is 5. The van der Waals surface area contributed by atoms with Gasteiger partial charge in [0.2, 0.25) is 0 Å². The summed E-state index contributed by atoms with van der Waals surface area (Å²) < 4.78 is 33.8. The Bertz CT molecular complexity index is 1850. The first-order chi connectivity index (χ1) is 25.8. The minimum absolute atomic E-state index is 0.267. The van der Waals surface area contributed by atoms with Crippen molar-refractivity contribution in [2.45, 2.75) is 110 Å². The third kappa shape index (κ3) is 10.2. The zero-order chi connectivity index (χ0) is 37.2. The van der Waals surface area contributed by atoms with Crippen molar-refractivity contribution in [1.82, 2.24) is 0 Å². The van der Waals surface area contributed by atoms with Gasteiger partial charge < -0.3 is 23.7 Å². The third-order valence-electron chi connectivity index (χ3n) is 9.31. The zero-order valence-corrected chi connectivity index (χ0v) is 31.8. The van der Waals surface area contributed by atoms with Crippen LogP contribution in [0.3, 0.4) is 0 Å². The molecule has 13 heteroatoms. The molecule has 10 atom stereocenters.